The molecule has 1 aromatic heterocycles. The second-order valence-corrected chi connectivity index (χ2v) is 6.43. The number of benzene rings is 1. The first kappa shape index (κ1) is 15.6. The van der Waals surface area contributed by atoms with E-state index in [1.807, 2.05) is 13.8 Å². The van der Waals surface area contributed by atoms with Gasteiger partial charge in [0.2, 0.25) is 17.6 Å². The van der Waals surface area contributed by atoms with Crippen molar-refractivity contribution in [1.29, 1.82) is 0 Å². The zero-order valence-electron chi connectivity index (χ0n) is 13.3. The highest BCUT2D eigenvalue weighted by Crippen LogP contribution is 2.38. The van der Waals surface area contributed by atoms with E-state index in [2.05, 4.69) is 15.5 Å². The predicted octanol–water partition coefficient (Wildman–Crippen LogP) is 3.63. The summed E-state index contributed by atoms with van der Waals surface area (Å²) in [6.07, 6.45) is 4.01. The maximum absolute atomic E-state index is 13.0. The molecular formula is C17H20FN3O2. The highest BCUT2D eigenvalue weighted by molar-refractivity contribution is 5.82. The number of hydrogen-bond donors (Lipinski definition) is 1. The van der Waals surface area contributed by atoms with Crippen LogP contribution in [-0.4, -0.2) is 16.0 Å². The molecule has 5 nitrogen and oxygen atoms in total. The fourth-order valence-corrected chi connectivity index (χ4v) is 2.94. The van der Waals surface area contributed by atoms with Gasteiger partial charge < -0.3 is 9.84 Å². The van der Waals surface area contributed by atoms with Crippen molar-refractivity contribution in [2.45, 2.75) is 45.6 Å². The Labute approximate surface area is 134 Å². The summed E-state index contributed by atoms with van der Waals surface area (Å²) in [7, 11) is 0. The van der Waals surface area contributed by atoms with Gasteiger partial charge >= 0.3 is 0 Å². The lowest BCUT2D eigenvalue weighted by molar-refractivity contribution is -0.130. The molecule has 1 fully saturated rings. The number of nitrogens with one attached hydrogen (secondary N) is 1. The van der Waals surface area contributed by atoms with Gasteiger partial charge in [0.15, 0.2) is 0 Å². The number of rotatable bonds is 4. The smallest absolute Gasteiger partial charge is 0.249 e. The second kappa shape index (κ2) is 6.10. The molecule has 0 saturated heterocycles. The lowest BCUT2D eigenvalue weighted by Crippen LogP contribution is -2.38. The van der Waals surface area contributed by atoms with E-state index in [1.165, 1.54) is 12.1 Å². The molecule has 23 heavy (non-hydrogen) atoms. The van der Waals surface area contributed by atoms with Crippen LogP contribution >= 0.6 is 0 Å². The van der Waals surface area contributed by atoms with Crippen molar-refractivity contribution in [3.8, 4) is 11.4 Å². The molecule has 0 aliphatic heterocycles. The summed E-state index contributed by atoms with van der Waals surface area (Å²) in [5.41, 5.74) is 0.372. The maximum Gasteiger partial charge on any atom is 0.249 e. The van der Waals surface area contributed by atoms with Crippen LogP contribution < -0.4 is 5.32 Å². The van der Waals surface area contributed by atoms with Crippen molar-refractivity contribution in [2.24, 2.45) is 5.41 Å². The fourth-order valence-electron chi connectivity index (χ4n) is 2.94. The molecule has 1 saturated carbocycles. The van der Waals surface area contributed by atoms with E-state index in [1.54, 1.807) is 12.1 Å². The van der Waals surface area contributed by atoms with Gasteiger partial charge in [-0.1, -0.05) is 24.9 Å². The molecule has 1 heterocycles. The summed E-state index contributed by atoms with van der Waals surface area (Å²) in [6.45, 7) is 3.82. The Morgan fingerprint density at radius 3 is 2.61 bits per heavy atom. The monoisotopic (exact) mass is 317 g/mol. The molecule has 0 bridgehead atoms. The number of hydrogen-bond acceptors (Lipinski definition) is 4. The Balaban J connectivity index is 1.70. The average Bonchev–Trinajstić information content (AvgIpc) is 3.18. The Morgan fingerprint density at radius 2 is 1.96 bits per heavy atom. The first-order valence-electron chi connectivity index (χ1n) is 7.88. The van der Waals surface area contributed by atoms with E-state index in [0.29, 0.717) is 17.3 Å². The van der Waals surface area contributed by atoms with Crippen LogP contribution in [0.1, 0.15) is 51.5 Å². The second-order valence-electron chi connectivity index (χ2n) is 6.43. The van der Waals surface area contributed by atoms with Crippen molar-refractivity contribution in [3.05, 3.63) is 36.0 Å². The van der Waals surface area contributed by atoms with Crippen molar-refractivity contribution in [3.63, 3.8) is 0 Å². The third-order valence-electron chi connectivity index (χ3n) is 4.52. The Morgan fingerprint density at radius 1 is 1.30 bits per heavy atom. The molecule has 6 heteroatoms. The Kier molecular flexibility index (Phi) is 4.15. The highest BCUT2D eigenvalue weighted by Gasteiger charge is 2.37. The highest BCUT2D eigenvalue weighted by atomic mass is 19.1. The van der Waals surface area contributed by atoms with Crippen molar-refractivity contribution < 1.29 is 13.7 Å². The van der Waals surface area contributed by atoms with Crippen LogP contribution in [0.25, 0.3) is 11.4 Å². The Bertz CT molecular complexity index is 690. The summed E-state index contributed by atoms with van der Waals surface area (Å²) in [5, 5.41) is 6.86. The molecule has 0 radical (unpaired) electrons. The third kappa shape index (κ3) is 3.25. The normalized spacial score (nSPS) is 17.9. The van der Waals surface area contributed by atoms with Gasteiger partial charge in [0.25, 0.3) is 0 Å². The molecule has 1 aliphatic rings. The van der Waals surface area contributed by atoms with Crippen LogP contribution in [0.3, 0.4) is 0 Å². The lowest BCUT2D eigenvalue weighted by atomic mass is 9.87. The number of aromatic nitrogens is 2. The summed E-state index contributed by atoms with van der Waals surface area (Å²) < 4.78 is 18.2. The molecule has 0 unspecified atom stereocenters. The number of halogens is 1. The minimum absolute atomic E-state index is 0.0315. The van der Waals surface area contributed by atoms with Crippen molar-refractivity contribution >= 4 is 5.91 Å². The van der Waals surface area contributed by atoms with Crippen LogP contribution in [0.2, 0.25) is 0 Å². The summed E-state index contributed by atoms with van der Waals surface area (Å²) in [6, 6.07) is 5.51. The first-order chi connectivity index (χ1) is 11.0. The predicted molar refractivity (Wildman–Crippen MR) is 82.8 cm³/mol. The maximum atomic E-state index is 13.0. The number of carbonyl (C=O) groups excluding carboxylic acids is 1. The SMILES string of the molecule is C[C@H](NC(=O)C1(C)CCCC1)c1nc(-c2ccc(F)cc2)no1. The van der Waals surface area contributed by atoms with Crippen LogP contribution in [0.4, 0.5) is 4.39 Å². The zero-order valence-corrected chi connectivity index (χ0v) is 13.3. The van der Waals surface area contributed by atoms with E-state index < -0.39 is 0 Å². The quantitative estimate of drug-likeness (QED) is 0.935. The largest absolute Gasteiger partial charge is 0.344 e. The standard InChI is InChI=1S/C17H20FN3O2/c1-11(19-16(22)17(2)9-3-4-10-17)15-20-14(21-23-15)12-5-7-13(18)8-6-12/h5-8,11H,3-4,9-10H2,1-2H3,(H,19,22)/t11-/m0/s1. The van der Waals surface area contributed by atoms with Gasteiger partial charge in [0, 0.05) is 11.0 Å². The van der Waals surface area contributed by atoms with E-state index in [4.69, 9.17) is 4.52 Å². The fraction of sp³-hybridized carbons (Fsp3) is 0.471. The van der Waals surface area contributed by atoms with Crippen molar-refractivity contribution in [2.75, 3.05) is 0 Å². The molecule has 1 aromatic carbocycles. The molecule has 1 atom stereocenters. The Hall–Kier alpha value is -2.24. The van der Waals surface area contributed by atoms with Gasteiger partial charge in [-0.3, -0.25) is 4.79 Å². The first-order valence-corrected chi connectivity index (χ1v) is 7.88. The number of amides is 1. The number of nitrogens with zero attached hydrogens (tertiary/aromatic N) is 2. The summed E-state index contributed by atoms with van der Waals surface area (Å²) >= 11 is 0. The summed E-state index contributed by atoms with van der Waals surface area (Å²) in [5.74, 6) is 0.444. The van der Waals surface area contributed by atoms with Crippen LogP contribution in [0, 0.1) is 11.2 Å². The van der Waals surface area contributed by atoms with Crippen LogP contribution in [0.5, 0.6) is 0 Å². The zero-order chi connectivity index (χ0) is 16.4. The van der Waals surface area contributed by atoms with Gasteiger partial charge in [0.05, 0.1) is 0 Å². The minimum Gasteiger partial charge on any atom is -0.344 e. The van der Waals surface area contributed by atoms with Gasteiger partial charge in [-0.25, -0.2) is 4.39 Å². The van der Waals surface area contributed by atoms with E-state index in [9.17, 15) is 9.18 Å². The number of carbonyl (C=O) groups is 1. The third-order valence-corrected chi connectivity index (χ3v) is 4.52. The van der Waals surface area contributed by atoms with Crippen LogP contribution in [0.15, 0.2) is 28.8 Å². The minimum atomic E-state index is -0.360. The van der Waals surface area contributed by atoms with Gasteiger partial charge in [-0.15, -0.1) is 0 Å². The van der Waals surface area contributed by atoms with Gasteiger partial charge in [-0.05, 0) is 44.0 Å². The molecule has 122 valence electrons. The summed E-state index contributed by atoms with van der Waals surface area (Å²) in [4.78, 5) is 16.7. The molecule has 1 aliphatic carbocycles. The molecule has 0 spiro atoms. The van der Waals surface area contributed by atoms with Crippen LogP contribution in [-0.2, 0) is 4.79 Å². The van der Waals surface area contributed by atoms with E-state index in [-0.39, 0.29) is 23.2 Å². The van der Waals surface area contributed by atoms with Gasteiger partial charge in [0.1, 0.15) is 11.9 Å². The topological polar surface area (TPSA) is 68.0 Å². The lowest BCUT2D eigenvalue weighted by Gasteiger charge is -2.23. The van der Waals surface area contributed by atoms with E-state index in [0.717, 1.165) is 25.7 Å². The van der Waals surface area contributed by atoms with Gasteiger partial charge in [-0.2, -0.15) is 4.98 Å². The molecule has 1 amide bonds. The molecule has 2 aromatic rings. The molecule has 1 N–H and O–H groups in total. The van der Waals surface area contributed by atoms with Crippen molar-refractivity contribution in [1.82, 2.24) is 15.5 Å². The average molecular weight is 317 g/mol. The molecular weight excluding hydrogens is 297 g/mol. The molecule has 3 rings (SSSR count). The van der Waals surface area contributed by atoms with E-state index >= 15 is 0 Å².